The van der Waals surface area contributed by atoms with Gasteiger partial charge in [-0.2, -0.15) is 0 Å². The van der Waals surface area contributed by atoms with Gasteiger partial charge in [-0.15, -0.1) is 0 Å². The Bertz CT molecular complexity index is 147. The second-order valence-electron chi connectivity index (χ2n) is 1.37. The molecule has 0 aliphatic rings. The van der Waals surface area contributed by atoms with E-state index in [9.17, 15) is 4.79 Å². The van der Waals surface area contributed by atoms with E-state index in [1.807, 2.05) is 0 Å². The summed E-state index contributed by atoms with van der Waals surface area (Å²) >= 11 is 0.577. The fraction of sp³-hybridized carbons (Fsp3) is 0.200. The van der Waals surface area contributed by atoms with Crippen molar-refractivity contribution in [2.75, 3.05) is 0 Å². The van der Waals surface area contributed by atoms with Crippen LogP contribution < -0.4 is 0 Å². The predicted molar refractivity (Wildman–Crippen MR) is 37.5 cm³/mol. The van der Waals surface area contributed by atoms with Crippen LogP contribution in [0.4, 0.5) is 0 Å². The molecular formula is C5H8N2O2Sn. The third kappa shape index (κ3) is 7.48. The van der Waals surface area contributed by atoms with Crippen molar-refractivity contribution < 1.29 is 7.87 Å². The molecule has 5 heteroatoms. The largest absolute Gasteiger partial charge is 0.351 e. The Morgan fingerprint density at radius 3 is 2.50 bits per heavy atom. The third-order valence-corrected chi connectivity index (χ3v) is 1.52. The van der Waals surface area contributed by atoms with Gasteiger partial charge in [0.05, 0.1) is 6.33 Å². The maximum atomic E-state index is 9.62. The number of rotatable bonds is 0. The van der Waals surface area contributed by atoms with Crippen LogP contribution in [0.2, 0.25) is 0 Å². The van der Waals surface area contributed by atoms with E-state index in [1.165, 1.54) is 6.92 Å². The van der Waals surface area contributed by atoms with Gasteiger partial charge in [-0.3, -0.25) is 0 Å². The molecule has 0 fully saturated rings. The van der Waals surface area contributed by atoms with E-state index < -0.39 is 0 Å². The predicted octanol–water partition coefficient (Wildman–Crippen LogP) is -0.225. The Balaban J connectivity index is 0.000000162. The van der Waals surface area contributed by atoms with Gasteiger partial charge in [0.2, 0.25) is 0 Å². The Morgan fingerprint density at radius 1 is 1.80 bits per heavy atom. The minimum atomic E-state index is -0.188. The van der Waals surface area contributed by atoms with Crippen molar-refractivity contribution in [1.29, 1.82) is 0 Å². The topological polar surface area (TPSA) is 55.0 Å². The first-order valence-corrected chi connectivity index (χ1v) is 3.92. The zero-order valence-electron chi connectivity index (χ0n) is 5.57. The fourth-order valence-corrected chi connectivity index (χ4v) is 0.215. The molecule has 54 valence electrons. The van der Waals surface area contributed by atoms with Crippen LogP contribution in [0.5, 0.6) is 0 Å². The van der Waals surface area contributed by atoms with Crippen molar-refractivity contribution in [2.45, 2.75) is 6.92 Å². The summed E-state index contributed by atoms with van der Waals surface area (Å²) in [6.45, 7) is 1.39. The van der Waals surface area contributed by atoms with E-state index in [-0.39, 0.29) is 5.97 Å². The van der Waals surface area contributed by atoms with Crippen LogP contribution in [0.3, 0.4) is 0 Å². The SMILES string of the molecule is CC(=O)[O][SnH].c1c[nH]cn1. The smallest absolute Gasteiger partial charge is 0.0919 e. The Labute approximate surface area is 72.6 Å². The summed E-state index contributed by atoms with van der Waals surface area (Å²) in [5.74, 6) is -0.188. The minimum Gasteiger partial charge on any atom is -0.351 e. The Morgan fingerprint density at radius 2 is 2.40 bits per heavy atom. The molecular weight excluding hydrogens is 239 g/mol. The van der Waals surface area contributed by atoms with E-state index >= 15 is 0 Å². The van der Waals surface area contributed by atoms with Crippen molar-refractivity contribution in [2.24, 2.45) is 0 Å². The molecule has 0 saturated heterocycles. The van der Waals surface area contributed by atoms with E-state index in [4.69, 9.17) is 0 Å². The van der Waals surface area contributed by atoms with Gasteiger partial charge in [0.15, 0.2) is 0 Å². The molecule has 0 aliphatic carbocycles. The second-order valence-corrected chi connectivity index (χ2v) is 2.04. The molecule has 0 aromatic carbocycles. The number of aromatic nitrogens is 2. The molecule has 4 nitrogen and oxygen atoms in total. The molecule has 0 amide bonds. The normalized spacial score (nSPS) is 7.40. The van der Waals surface area contributed by atoms with Gasteiger partial charge < -0.3 is 4.98 Å². The third-order valence-electron chi connectivity index (χ3n) is 0.572. The van der Waals surface area contributed by atoms with E-state index in [0.717, 1.165) is 0 Å². The molecule has 1 rings (SSSR count). The molecule has 2 radical (unpaired) electrons. The van der Waals surface area contributed by atoms with Gasteiger partial charge in [-0.25, -0.2) is 4.98 Å². The van der Waals surface area contributed by atoms with Crippen molar-refractivity contribution in [3.05, 3.63) is 18.7 Å². The molecule has 0 bridgehead atoms. The van der Waals surface area contributed by atoms with Crippen LogP contribution in [0, 0.1) is 0 Å². The number of carbonyl (C=O) groups is 1. The van der Waals surface area contributed by atoms with Gasteiger partial charge in [-0.1, -0.05) is 0 Å². The number of hydrogen-bond donors (Lipinski definition) is 1. The first-order valence-electron chi connectivity index (χ1n) is 2.57. The van der Waals surface area contributed by atoms with Crippen LogP contribution in [0.15, 0.2) is 18.7 Å². The van der Waals surface area contributed by atoms with Crippen molar-refractivity contribution in [1.82, 2.24) is 9.97 Å². The second kappa shape index (κ2) is 6.60. The van der Waals surface area contributed by atoms with Crippen LogP contribution in [-0.2, 0) is 7.87 Å². The van der Waals surface area contributed by atoms with Crippen LogP contribution in [-0.4, -0.2) is 38.9 Å². The summed E-state index contributed by atoms with van der Waals surface area (Å²) in [5, 5.41) is 0. The van der Waals surface area contributed by atoms with E-state index in [0.29, 0.717) is 22.9 Å². The number of nitrogens with one attached hydrogen (secondary N) is 1. The molecule has 0 unspecified atom stereocenters. The quantitative estimate of drug-likeness (QED) is 0.644. The minimum absolute atomic E-state index is 0.188. The van der Waals surface area contributed by atoms with Crippen molar-refractivity contribution in [3.63, 3.8) is 0 Å². The first kappa shape index (κ1) is 9.48. The summed E-state index contributed by atoms with van der Waals surface area (Å²) in [6, 6.07) is 0. The van der Waals surface area contributed by atoms with Gasteiger partial charge in [0.25, 0.3) is 0 Å². The number of H-pyrrole nitrogens is 1. The monoisotopic (exact) mass is 248 g/mol. The van der Waals surface area contributed by atoms with Gasteiger partial charge >= 0.3 is 43.7 Å². The van der Waals surface area contributed by atoms with Gasteiger partial charge in [0, 0.05) is 12.4 Å². The fourth-order valence-electron chi connectivity index (χ4n) is 0.215. The van der Waals surface area contributed by atoms with E-state index in [1.54, 1.807) is 18.7 Å². The molecule has 1 aromatic heterocycles. The zero-order valence-corrected chi connectivity index (χ0v) is 8.87. The molecule has 0 aliphatic heterocycles. The molecule has 0 atom stereocenters. The van der Waals surface area contributed by atoms with Crippen molar-refractivity contribution >= 4 is 28.9 Å². The number of carbonyl (C=O) groups excluding carboxylic acids is 1. The summed E-state index contributed by atoms with van der Waals surface area (Å²) < 4.78 is 4.24. The standard InChI is InChI=1S/C3H4N2.C2H4O2.Sn.H/c1-2-5-3-4-1;1-2(3)4;;/h1-3H,(H,4,5);1H3,(H,3,4);;/q;;+1;/p-1. The molecule has 1 aromatic rings. The average molecular weight is 247 g/mol. The molecule has 0 spiro atoms. The number of imidazole rings is 1. The van der Waals surface area contributed by atoms with E-state index in [2.05, 4.69) is 13.0 Å². The summed E-state index contributed by atoms with van der Waals surface area (Å²) in [5.41, 5.74) is 0. The zero-order chi connectivity index (χ0) is 7.82. The average Bonchev–Trinajstić information content (AvgIpc) is 2.43. The molecule has 1 N–H and O–H groups in total. The van der Waals surface area contributed by atoms with Crippen LogP contribution in [0.1, 0.15) is 6.92 Å². The summed E-state index contributed by atoms with van der Waals surface area (Å²) in [6.07, 6.45) is 5.08. The van der Waals surface area contributed by atoms with Crippen LogP contribution in [0.25, 0.3) is 0 Å². The first-order chi connectivity index (χ1) is 4.77. The molecule has 10 heavy (non-hydrogen) atoms. The number of hydrogen-bond acceptors (Lipinski definition) is 3. The maximum Gasteiger partial charge on any atom is 0.0919 e. The summed E-state index contributed by atoms with van der Waals surface area (Å²) in [4.78, 5) is 16.0. The van der Waals surface area contributed by atoms with Gasteiger partial charge in [-0.05, 0) is 0 Å². The van der Waals surface area contributed by atoms with Gasteiger partial charge in [0.1, 0.15) is 0 Å². The Kier molecular flexibility index (Phi) is 6.25. The summed E-state index contributed by atoms with van der Waals surface area (Å²) in [7, 11) is 0. The number of nitrogens with zero attached hydrogens (tertiary/aromatic N) is 1. The van der Waals surface area contributed by atoms with Crippen molar-refractivity contribution in [3.8, 4) is 0 Å². The Hall–Kier alpha value is -0.521. The molecule has 0 saturated carbocycles. The maximum absolute atomic E-state index is 9.62. The molecule has 1 heterocycles. The number of aromatic amines is 1. The van der Waals surface area contributed by atoms with Crippen LogP contribution >= 0.6 is 0 Å².